The van der Waals surface area contributed by atoms with Gasteiger partial charge in [-0.05, 0) is 29.8 Å². The molecule has 140 valence electrons. The number of ether oxygens (including phenoxy) is 2. The van der Waals surface area contributed by atoms with Gasteiger partial charge in [-0.2, -0.15) is 0 Å². The zero-order valence-corrected chi connectivity index (χ0v) is 16.4. The number of anilines is 1. The lowest BCUT2D eigenvalue weighted by atomic mass is 10.1. The van der Waals surface area contributed by atoms with Gasteiger partial charge in [0, 0.05) is 18.2 Å². The number of benzene rings is 2. The van der Waals surface area contributed by atoms with Crippen molar-refractivity contribution in [2.24, 2.45) is 10.7 Å². The van der Waals surface area contributed by atoms with Gasteiger partial charge in [0.25, 0.3) is 0 Å². The molecule has 0 saturated carbocycles. The summed E-state index contributed by atoms with van der Waals surface area (Å²) in [5, 5.41) is 13.0. The lowest BCUT2D eigenvalue weighted by molar-refractivity contribution is 0.187. The second kappa shape index (κ2) is 9.58. The van der Waals surface area contributed by atoms with Gasteiger partial charge in [-0.15, -0.1) is 24.0 Å². The van der Waals surface area contributed by atoms with Gasteiger partial charge >= 0.3 is 0 Å². The first-order chi connectivity index (χ1) is 12.1. The van der Waals surface area contributed by atoms with Gasteiger partial charge in [-0.1, -0.05) is 12.1 Å². The van der Waals surface area contributed by atoms with Crippen LogP contribution < -0.4 is 20.5 Å². The quantitative estimate of drug-likeness (QED) is 0.361. The third-order valence-electron chi connectivity index (χ3n) is 3.71. The standard InChI is InChI=1S/C18H20FN3O3.HI/c19-13-4-2-12(3-5-13)15(23)11-21-18(20)22-14-6-7-16-17(10-14)25-9-1-8-24-16;/h2-7,10,15,23H,1,8-9,11H2,(H3,20,21,22);1H. The van der Waals surface area contributed by atoms with Crippen LogP contribution in [0.3, 0.4) is 0 Å². The highest BCUT2D eigenvalue weighted by Crippen LogP contribution is 2.32. The SMILES string of the molecule is I.NC(=NCC(O)c1ccc(F)cc1)Nc1ccc2c(c1)OCCCO2. The summed E-state index contributed by atoms with van der Waals surface area (Å²) in [6.07, 6.45) is -0.0211. The van der Waals surface area contributed by atoms with Crippen LogP contribution in [0.25, 0.3) is 0 Å². The molecule has 0 bridgehead atoms. The van der Waals surface area contributed by atoms with Crippen LogP contribution in [0.4, 0.5) is 10.1 Å². The summed E-state index contributed by atoms with van der Waals surface area (Å²) in [4.78, 5) is 4.12. The van der Waals surface area contributed by atoms with Gasteiger partial charge in [0.05, 0.1) is 25.9 Å². The molecule has 2 aromatic carbocycles. The zero-order chi connectivity index (χ0) is 17.6. The first kappa shape index (κ1) is 20.2. The van der Waals surface area contributed by atoms with Crippen LogP contribution in [-0.2, 0) is 0 Å². The van der Waals surface area contributed by atoms with Crippen molar-refractivity contribution in [3.8, 4) is 11.5 Å². The Morgan fingerprint density at radius 2 is 1.85 bits per heavy atom. The Kier molecular flexibility index (Phi) is 7.46. The number of rotatable bonds is 4. The maximum Gasteiger partial charge on any atom is 0.193 e. The number of guanidine groups is 1. The van der Waals surface area contributed by atoms with Crippen LogP contribution in [0.15, 0.2) is 47.5 Å². The number of fused-ring (bicyclic) bond motifs is 1. The molecule has 0 saturated heterocycles. The lowest BCUT2D eigenvalue weighted by Gasteiger charge is -2.12. The molecule has 1 unspecified atom stereocenters. The van der Waals surface area contributed by atoms with Crippen molar-refractivity contribution < 1.29 is 19.0 Å². The average molecular weight is 473 g/mol. The number of aliphatic hydroxyl groups excluding tert-OH is 1. The number of aliphatic imine (C=N–C) groups is 1. The third-order valence-corrected chi connectivity index (χ3v) is 3.71. The van der Waals surface area contributed by atoms with Crippen molar-refractivity contribution in [2.75, 3.05) is 25.1 Å². The van der Waals surface area contributed by atoms with Crippen LogP contribution in [0.1, 0.15) is 18.1 Å². The van der Waals surface area contributed by atoms with Gasteiger partial charge in [0.2, 0.25) is 0 Å². The summed E-state index contributed by atoms with van der Waals surface area (Å²) in [5.74, 6) is 1.16. The number of aliphatic hydroxyl groups is 1. The summed E-state index contributed by atoms with van der Waals surface area (Å²) in [7, 11) is 0. The number of nitrogens with one attached hydrogen (secondary N) is 1. The van der Waals surface area contributed by atoms with Gasteiger partial charge in [-0.25, -0.2) is 4.39 Å². The predicted octanol–water partition coefficient (Wildman–Crippen LogP) is 3.07. The maximum atomic E-state index is 12.9. The van der Waals surface area contributed by atoms with Crippen molar-refractivity contribution in [3.63, 3.8) is 0 Å². The van der Waals surface area contributed by atoms with E-state index in [0.717, 1.165) is 6.42 Å². The molecule has 1 heterocycles. The molecule has 1 aliphatic rings. The highest BCUT2D eigenvalue weighted by atomic mass is 127. The summed E-state index contributed by atoms with van der Waals surface area (Å²) < 4.78 is 24.1. The molecule has 0 aromatic heterocycles. The molecule has 4 N–H and O–H groups in total. The Morgan fingerprint density at radius 3 is 2.58 bits per heavy atom. The van der Waals surface area contributed by atoms with Crippen LogP contribution in [0.5, 0.6) is 11.5 Å². The Bertz CT molecular complexity index is 756. The molecule has 8 heteroatoms. The fourth-order valence-corrected chi connectivity index (χ4v) is 2.40. The predicted molar refractivity (Wildman–Crippen MR) is 109 cm³/mol. The minimum atomic E-state index is -0.857. The van der Waals surface area contributed by atoms with Crippen LogP contribution in [0, 0.1) is 5.82 Å². The molecule has 0 spiro atoms. The van der Waals surface area contributed by atoms with Gasteiger partial charge in [0.1, 0.15) is 5.82 Å². The van der Waals surface area contributed by atoms with E-state index < -0.39 is 6.10 Å². The number of nitrogens with two attached hydrogens (primary N) is 1. The first-order valence-electron chi connectivity index (χ1n) is 8.02. The van der Waals surface area contributed by atoms with Crippen molar-refractivity contribution >= 4 is 35.6 Å². The third kappa shape index (κ3) is 5.46. The molecule has 0 radical (unpaired) electrons. The normalized spacial score (nSPS) is 14.8. The van der Waals surface area contributed by atoms with Gasteiger partial charge < -0.3 is 25.6 Å². The highest BCUT2D eigenvalue weighted by molar-refractivity contribution is 14.0. The molecular formula is C18H21FIN3O3. The largest absolute Gasteiger partial charge is 0.490 e. The van der Waals surface area contributed by atoms with E-state index in [1.807, 2.05) is 12.1 Å². The molecular weight excluding hydrogens is 452 g/mol. The Balaban J connectivity index is 0.00000243. The summed E-state index contributed by atoms with van der Waals surface area (Å²) in [6.45, 7) is 1.30. The number of hydrogen-bond acceptors (Lipinski definition) is 4. The highest BCUT2D eigenvalue weighted by Gasteiger charge is 2.11. The second-order valence-electron chi connectivity index (χ2n) is 5.63. The average Bonchev–Trinajstić information content (AvgIpc) is 2.85. The van der Waals surface area contributed by atoms with Crippen LogP contribution >= 0.6 is 24.0 Å². The van der Waals surface area contributed by atoms with E-state index in [1.165, 1.54) is 24.3 Å². The second-order valence-corrected chi connectivity index (χ2v) is 5.63. The molecule has 1 atom stereocenters. The van der Waals surface area contributed by atoms with Crippen molar-refractivity contribution in [2.45, 2.75) is 12.5 Å². The minimum Gasteiger partial charge on any atom is -0.490 e. The lowest BCUT2D eigenvalue weighted by Crippen LogP contribution is -2.23. The Hall–Kier alpha value is -2.07. The molecule has 0 aliphatic carbocycles. The number of halogens is 2. The van der Waals surface area contributed by atoms with E-state index in [0.29, 0.717) is 36.0 Å². The van der Waals surface area contributed by atoms with Crippen LogP contribution in [0.2, 0.25) is 0 Å². The minimum absolute atomic E-state index is 0. The molecule has 2 aromatic rings. The van der Waals surface area contributed by atoms with E-state index in [4.69, 9.17) is 15.2 Å². The maximum absolute atomic E-state index is 12.9. The molecule has 3 rings (SSSR count). The number of hydrogen-bond donors (Lipinski definition) is 3. The monoisotopic (exact) mass is 473 g/mol. The molecule has 1 aliphatic heterocycles. The topological polar surface area (TPSA) is 89.1 Å². The molecule has 26 heavy (non-hydrogen) atoms. The van der Waals surface area contributed by atoms with Crippen molar-refractivity contribution in [3.05, 3.63) is 53.8 Å². The van der Waals surface area contributed by atoms with Crippen LogP contribution in [-0.4, -0.2) is 30.8 Å². The summed E-state index contributed by atoms with van der Waals surface area (Å²) in [5.41, 5.74) is 7.15. The Labute approximate surface area is 168 Å². The fraction of sp³-hybridized carbons (Fsp3) is 0.278. The number of nitrogens with zero attached hydrogens (tertiary/aromatic N) is 1. The smallest absolute Gasteiger partial charge is 0.193 e. The Morgan fingerprint density at radius 1 is 1.15 bits per heavy atom. The fourth-order valence-electron chi connectivity index (χ4n) is 2.40. The molecule has 6 nitrogen and oxygen atoms in total. The van der Waals surface area contributed by atoms with Gasteiger partial charge in [-0.3, -0.25) is 4.99 Å². The summed E-state index contributed by atoms with van der Waals surface area (Å²) >= 11 is 0. The van der Waals surface area contributed by atoms with E-state index in [1.54, 1.807) is 6.07 Å². The zero-order valence-electron chi connectivity index (χ0n) is 14.0. The summed E-state index contributed by atoms with van der Waals surface area (Å²) in [6, 6.07) is 11.0. The molecule has 0 fully saturated rings. The van der Waals surface area contributed by atoms with E-state index in [2.05, 4.69) is 10.3 Å². The van der Waals surface area contributed by atoms with Crippen molar-refractivity contribution in [1.82, 2.24) is 0 Å². The molecule has 0 amide bonds. The van der Waals surface area contributed by atoms with Gasteiger partial charge in [0.15, 0.2) is 17.5 Å². The van der Waals surface area contributed by atoms with E-state index in [9.17, 15) is 9.50 Å². The van der Waals surface area contributed by atoms with E-state index in [-0.39, 0.29) is 42.3 Å². The van der Waals surface area contributed by atoms with E-state index >= 15 is 0 Å². The first-order valence-corrected chi connectivity index (χ1v) is 8.02. The van der Waals surface area contributed by atoms with Crippen molar-refractivity contribution in [1.29, 1.82) is 0 Å².